The molecule has 0 spiro atoms. The summed E-state index contributed by atoms with van der Waals surface area (Å²) in [6.07, 6.45) is 2.60. The molecule has 3 rings (SSSR count). The average molecular weight is 392 g/mol. The Bertz CT molecular complexity index is 1020. The molecule has 0 aliphatic rings. The Labute approximate surface area is 169 Å². The van der Waals surface area contributed by atoms with Crippen LogP contribution < -0.4 is 10.6 Å². The Balaban J connectivity index is 1.57. The van der Waals surface area contributed by atoms with Crippen molar-refractivity contribution in [2.75, 3.05) is 23.7 Å². The van der Waals surface area contributed by atoms with Crippen molar-refractivity contribution in [1.82, 2.24) is 9.88 Å². The summed E-state index contributed by atoms with van der Waals surface area (Å²) in [4.78, 5) is 40.2. The lowest BCUT2D eigenvalue weighted by Gasteiger charge is -2.20. The third-order valence-electron chi connectivity index (χ3n) is 4.59. The van der Waals surface area contributed by atoms with Crippen LogP contribution in [-0.4, -0.2) is 40.7 Å². The van der Waals surface area contributed by atoms with E-state index in [9.17, 15) is 14.4 Å². The van der Waals surface area contributed by atoms with Gasteiger partial charge in [0.05, 0.1) is 6.54 Å². The fraction of sp³-hybridized carbons (Fsp3) is 0.227. The molecule has 3 aromatic rings. The second kappa shape index (κ2) is 9.05. The molecular formula is C22H24N4O3. The van der Waals surface area contributed by atoms with Crippen LogP contribution in [0.25, 0.3) is 10.9 Å². The van der Waals surface area contributed by atoms with Crippen LogP contribution in [0.5, 0.6) is 0 Å². The number of fused-ring (bicyclic) bond motifs is 1. The molecule has 0 bridgehead atoms. The predicted molar refractivity (Wildman–Crippen MR) is 114 cm³/mol. The third-order valence-corrected chi connectivity index (χ3v) is 4.59. The largest absolute Gasteiger partial charge is 0.361 e. The van der Waals surface area contributed by atoms with Gasteiger partial charge in [-0.3, -0.25) is 14.4 Å². The molecule has 1 aromatic heterocycles. The van der Waals surface area contributed by atoms with Gasteiger partial charge in [0.1, 0.15) is 0 Å². The van der Waals surface area contributed by atoms with Crippen LogP contribution in [0.4, 0.5) is 11.4 Å². The molecule has 2 aromatic carbocycles. The maximum Gasteiger partial charge on any atom is 0.243 e. The molecule has 0 unspecified atom stereocenters. The molecule has 7 heteroatoms. The first kappa shape index (κ1) is 20.1. The molecule has 0 aliphatic carbocycles. The second-order valence-electron chi connectivity index (χ2n) is 6.86. The number of hydrogen-bond donors (Lipinski definition) is 3. The first-order chi connectivity index (χ1) is 13.9. The number of carbonyl (C=O) groups excluding carboxylic acids is 3. The van der Waals surface area contributed by atoms with Crippen molar-refractivity contribution in [3.8, 4) is 0 Å². The Kier molecular flexibility index (Phi) is 6.29. The third kappa shape index (κ3) is 5.44. The highest BCUT2D eigenvalue weighted by Crippen LogP contribution is 2.18. The number of H-pyrrole nitrogens is 1. The normalized spacial score (nSPS) is 10.6. The van der Waals surface area contributed by atoms with Crippen molar-refractivity contribution in [3.63, 3.8) is 0 Å². The zero-order valence-corrected chi connectivity index (χ0v) is 16.5. The van der Waals surface area contributed by atoms with Crippen molar-refractivity contribution in [2.45, 2.75) is 20.3 Å². The maximum absolute atomic E-state index is 12.4. The lowest BCUT2D eigenvalue weighted by molar-refractivity contribution is -0.132. The maximum atomic E-state index is 12.4. The molecule has 0 saturated carbocycles. The van der Waals surface area contributed by atoms with Gasteiger partial charge in [-0.1, -0.05) is 18.2 Å². The van der Waals surface area contributed by atoms with Gasteiger partial charge in [0.25, 0.3) is 0 Å². The van der Waals surface area contributed by atoms with E-state index >= 15 is 0 Å². The molecule has 3 N–H and O–H groups in total. The summed E-state index contributed by atoms with van der Waals surface area (Å²) in [6, 6.07) is 14.8. The molecular weight excluding hydrogens is 368 g/mol. The first-order valence-corrected chi connectivity index (χ1v) is 9.40. The summed E-state index contributed by atoms with van der Waals surface area (Å²) >= 11 is 0. The quantitative estimate of drug-likeness (QED) is 0.576. The van der Waals surface area contributed by atoms with Gasteiger partial charge in [0, 0.05) is 48.9 Å². The van der Waals surface area contributed by atoms with Crippen molar-refractivity contribution in [2.24, 2.45) is 0 Å². The van der Waals surface area contributed by atoms with Gasteiger partial charge in [0.15, 0.2) is 0 Å². The highest BCUT2D eigenvalue weighted by atomic mass is 16.2. The number of rotatable bonds is 7. The fourth-order valence-corrected chi connectivity index (χ4v) is 3.16. The van der Waals surface area contributed by atoms with Crippen LogP contribution in [0.15, 0.2) is 54.7 Å². The van der Waals surface area contributed by atoms with Gasteiger partial charge in [-0.15, -0.1) is 0 Å². The first-order valence-electron chi connectivity index (χ1n) is 9.40. The van der Waals surface area contributed by atoms with Crippen LogP contribution >= 0.6 is 0 Å². The Morgan fingerprint density at radius 1 is 0.931 bits per heavy atom. The van der Waals surface area contributed by atoms with Crippen LogP contribution in [0.1, 0.15) is 19.4 Å². The average Bonchev–Trinajstić information content (AvgIpc) is 3.09. The molecule has 29 heavy (non-hydrogen) atoms. The zero-order chi connectivity index (χ0) is 20.8. The van der Waals surface area contributed by atoms with Crippen LogP contribution in [0.3, 0.4) is 0 Å². The predicted octanol–water partition coefficient (Wildman–Crippen LogP) is 3.16. The minimum absolute atomic E-state index is 0.0227. The van der Waals surface area contributed by atoms with Gasteiger partial charge in [-0.2, -0.15) is 0 Å². The summed E-state index contributed by atoms with van der Waals surface area (Å²) in [7, 11) is 0. The monoisotopic (exact) mass is 392 g/mol. The van der Waals surface area contributed by atoms with Gasteiger partial charge in [-0.05, 0) is 42.3 Å². The number of nitrogens with one attached hydrogen (secondary N) is 3. The summed E-state index contributed by atoms with van der Waals surface area (Å²) in [6.45, 7) is 3.32. The highest BCUT2D eigenvalue weighted by Gasteiger charge is 2.15. The van der Waals surface area contributed by atoms with Gasteiger partial charge in [0.2, 0.25) is 17.7 Å². The summed E-state index contributed by atoms with van der Waals surface area (Å²) in [5.41, 5.74) is 3.42. The van der Waals surface area contributed by atoms with Crippen molar-refractivity contribution in [3.05, 3.63) is 60.3 Å². The number of aromatic nitrogens is 1. The smallest absolute Gasteiger partial charge is 0.243 e. The molecule has 0 radical (unpaired) electrons. The number of amides is 3. The van der Waals surface area contributed by atoms with E-state index in [-0.39, 0.29) is 24.3 Å². The summed E-state index contributed by atoms with van der Waals surface area (Å²) in [5.74, 6) is -0.582. The van der Waals surface area contributed by atoms with Gasteiger partial charge in [-0.25, -0.2) is 0 Å². The van der Waals surface area contributed by atoms with Crippen LogP contribution in [-0.2, 0) is 20.8 Å². The van der Waals surface area contributed by atoms with E-state index in [2.05, 4.69) is 15.6 Å². The number of nitrogens with zero attached hydrogens (tertiary/aromatic N) is 1. The zero-order valence-electron chi connectivity index (χ0n) is 16.5. The summed E-state index contributed by atoms with van der Waals surface area (Å²) in [5, 5.41) is 6.57. The van der Waals surface area contributed by atoms with Gasteiger partial charge >= 0.3 is 0 Å². The number of carbonyl (C=O) groups is 3. The van der Waals surface area contributed by atoms with E-state index in [1.165, 1.54) is 18.7 Å². The topological polar surface area (TPSA) is 94.3 Å². The number of benzene rings is 2. The Hall–Kier alpha value is -3.61. The van der Waals surface area contributed by atoms with E-state index < -0.39 is 0 Å². The minimum Gasteiger partial charge on any atom is -0.361 e. The minimum atomic E-state index is -0.272. The van der Waals surface area contributed by atoms with Crippen molar-refractivity contribution < 1.29 is 14.4 Å². The number of hydrogen-bond acceptors (Lipinski definition) is 3. The molecule has 1 heterocycles. The van der Waals surface area contributed by atoms with Crippen LogP contribution in [0, 0.1) is 0 Å². The Morgan fingerprint density at radius 3 is 2.24 bits per heavy atom. The van der Waals surface area contributed by atoms with Crippen LogP contribution in [0.2, 0.25) is 0 Å². The molecule has 3 amide bonds. The van der Waals surface area contributed by atoms with E-state index in [0.29, 0.717) is 24.3 Å². The Morgan fingerprint density at radius 2 is 1.59 bits per heavy atom. The second-order valence-corrected chi connectivity index (χ2v) is 6.86. The highest BCUT2D eigenvalue weighted by molar-refractivity contribution is 5.95. The van der Waals surface area contributed by atoms with Gasteiger partial charge < -0.3 is 20.5 Å². The lowest BCUT2D eigenvalue weighted by Crippen LogP contribution is -2.37. The molecule has 0 saturated heterocycles. The van der Waals surface area contributed by atoms with E-state index in [1.807, 2.05) is 30.5 Å². The van der Waals surface area contributed by atoms with Crippen molar-refractivity contribution >= 4 is 40.0 Å². The molecule has 7 nitrogen and oxygen atoms in total. The van der Waals surface area contributed by atoms with E-state index in [4.69, 9.17) is 0 Å². The molecule has 0 fully saturated rings. The van der Waals surface area contributed by atoms with Crippen molar-refractivity contribution in [1.29, 1.82) is 0 Å². The van der Waals surface area contributed by atoms with E-state index in [1.54, 1.807) is 24.3 Å². The number of aromatic amines is 1. The number of para-hydroxylation sites is 1. The lowest BCUT2D eigenvalue weighted by atomic mass is 10.1. The molecule has 0 atom stereocenters. The standard InChI is InChI=1S/C22H24N4O3/c1-15(27)24-18-7-9-19(10-8-18)25-22(29)14-26(16(2)28)12-11-17-13-23-21-6-4-3-5-20(17)21/h3-10,13,23H,11-12,14H2,1-2H3,(H,24,27)(H,25,29). The fourth-order valence-electron chi connectivity index (χ4n) is 3.16. The number of anilines is 2. The van der Waals surface area contributed by atoms with E-state index in [0.717, 1.165) is 16.5 Å². The SMILES string of the molecule is CC(=O)Nc1ccc(NC(=O)CN(CCc2c[nH]c3ccccc23)C(C)=O)cc1. The summed E-state index contributed by atoms with van der Waals surface area (Å²) < 4.78 is 0. The molecule has 0 aliphatic heterocycles. The molecule has 150 valence electrons.